The molecule has 0 spiro atoms. The fourth-order valence-electron chi connectivity index (χ4n) is 2.08. The van der Waals surface area contributed by atoms with Crippen molar-refractivity contribution in [2.24, 2.45) is 0 Å². The summed E-state index contributed by atoms with van der Waals surface area (Å²) in [6.45, 7) is 1.10. The number of morpholine rings is 1. The van der Waals surface area contributed by atoms with Crippen molar-refractivity contribution < 1.29 is 24.5 Å². The monoisotopic (exact) mass is 216 g/mol. The summed E-state index contributed by atoms with van der Waals surface area (Å²) in [7, 11) is 0. The molecule has 0 unspecified atom stereocenters. The fraction of sp³-hybridized carbons (Fsp3) is 0.750. The van der Waals surface area contributed by atoms with Crippen LogP contribution in [0.25, 0.3) is 0 Å². The molecule has 0 aromatic rings. The zero-order valence-corrected chi connectivity index (χ0v) is 8.00. The third-order valence-corrected chi connectivity index (χ3v) is 2.82. The van der Waals surface area contributed by atoms with Gasteiger partial charge in [0.15, 0.2) is 0 Å². The SMILES string of the molecule is O=C(O)N1C[C@H]2OCCN(C(=O)O)[C@H]2C1. The van der Waals surface area contributed by atoms with Crippen LogP contribution in [0.2, 0.25) is 0 Å². The average Bonchev–Trinajstić information content (AvgIpc) is 2.60. The molecule has 0 bridgehead atoms. The molecule has 2 saturated heterocycles. The van der Waals surface area contributed by atoms with Gasteiger partial charge in [0, 0.05) is 13.1 Å². The highest BCUT2D eigenvalue weighted by Crippen LogP contribution is 2.22. The Morgan fingerprint density at radius 3 is 2.53 bits per heavy atom. The minimum atomic E-state index is -1.03. The van der Waals surface area contributed by atoms with Gasteiger partial charge in [-0.05, 0) is 0 Å². The maximum absolute atomic E-state index is 10.9. The first kappa shape index (κ1) is 10.0. The van der Waals surface area contributed by atoms with Crippen molar-refractivity contribution in [2.45, 2.75) is 12.1 Å². The molecule has 2 N–H and O–H groups in total. The van der Waals surface area contributed by atoms with Crippen LogP contribution >= 0.6 is 0 Å². The van der Waals surface area contributed by atoms with Crippen LogP contribution < -0.4 is 0 Å². The van der Waals surface area contributed by atoms with E-state index >= 15 is 0 Å². The third kappa shape index (κ3) is 1.70. The first-order valence-corrected chi connectivity index (χ1v) is 4.68. The fourth-order valence-corrected chi connectivity index (χ4v) is 2.08. The Labute approximate surface area is 85.8 Å². The third-order valence-electron chi connectivity index (χ3n) is 2.82. The number of amides is 2. The quantitative estimate of drug-likeness (QED) is 0.581. The van der Waals surface area contributed by atoms with Gasteiger partial charge < -0.3 is 19.8 Å². The molecular weight excluding hydrogens is 204 g/mol. The minimum Gasteiger partial charge on any atom is -0.465 e. The molecule has 2 aliphatic rings. The number of carbonyl (C=O) groups is 2. The zero-order valence-electron chi connectivity index (χ0n) is 8.00. The Kier molecular flexibility index (Phi) is 2.39. The smallest absolute Gasteiger partial charge is 0.407 e. The molecule has 2 aliphatic heterocycles. The van der Waals surface area contributed by atoms with Crippen LogP contribution in [0.4, 0.5) is 9.59 Å². The van der Waals surface area contributed by atoms with Crippen LogP contribution in [-0.2, 0) is 4.74 Å². The van der Waals surface area contributed by atoms with E-state index in [-0.39, 0.29) is 25.2 Å². The predicted molar refractivity (Wildman–Crippen MR) is 47.9 cm³/mol. The Hall–Kier alpha value is -1.50. The second-order valence-corrected chi connectivity index (χ2v) is 3.64. The Bertz CT molecular complexity index is 295. The first-order valence-electron chi connectivity index (χ1n) is 4.68. The summed E-state index contributed by atoms with van der Waals surface area (Å²) in [5, 5.41) is 17.7. The molecule has 2 atom stereocenters. The summed E-state index contributed by atoms with van der Waals surface area (Å²) in [5.41, 5.74) is 0. The number of ether oxygens (including phenoxy) is 1. The molecule has 7 heteroatoms. The van der Waals surface area contributed by atoms with E-state index in [2.05, 4.69) is 0 Å². The second-order valence-electron chi connectivity index (χ2n) is 3.64. The van der Waals surface area contributed by atoms with E-state index in [0.717, 1.165) is 0 Å². The van der Waals surface area contributed by atoms with Crippen molar-refractivity contribution in [3.63, 3.8) is 0 Å². The van der Waals surface area contributed by atoms with Gasteiger partial charge >= 0.3 is 12.2 Å². The van der Waals surface area contributed by atoms with Gasteiger partial charge in [-0.15, -0.1) is 0 Å². The van der Waals surface area contributed by atoms with Crippen LogP contribution in [0.1, 0.15) is 0 Å². The summed E-state index contributed by atoms with van der Waals surface area (Å²) in [5.74, 6) is 0. The van der Waals surface area contributed by atoms with E-state index in [4.69, 9.17) is 14.9 Å². The number of likely N-dealkylation sites (tertiary alicyclic amines) is 1. The van der Waals surface area contributed by atoms with Crippen molar-refractivity contribution in [3.8, 4) is 0 Å². The second kappa shape index (κ2) is 3.58. The maximum Gasteiger partial charge on any atom is 0.407 e. The van der Waals surface area contributed by atoms with Crippen LogP contribution in [0.5, 0.6) is 0 Å². The Morgan fingerprint density at radius 1 is 1.20 bits per heavy atom. The van der Waals surface area contributed by atoms with Crippen molar-refractivity contribution in [1.82, 2.24) is 9.80 Å². The number of nitrogens with zero attached hydrogens (tertiary/aromatic N) is 2. The highest BCUT2D eigenvalue weighted by atomic mass is 16.5. The Morgan fingerprint density at radius 2 is 1.93 bits per heavy atom. The van der Waals surface area contributed by atoms with Gasteiger partial charge in [0.2, 0.25) is 0 Å². The first-order chi connectivity index (χ1) is 7.09. The van der Waals surface area contributed by atoms with Crippen LogP contribution in [-0.4, -0.2) is 70.6 Å². The van der Waals surface area contributed by atoms with E-state index in [9.17, 15) is 9.59 Å². The maximum atomic E-state index is 10.9. The lowest BCUT2D eigenvalue weighted by Gasteiger charge is -2.34. The van der Waals surface area contributed by atoms with Gasteiger partial charge in [-0.25, -0.2) is 9.59 Å². The number of carboxylic acid groups (broad SMARTS) is 2. The van der Waals surface area contributed by atoms with Gasteiger partial charge in [0.25, 0.3) is 0 Å². The lowest BCUT2D eigenvalue weighted by Crippen LogP contribution is -2.52. The van der Waals surface area contributed by atoms with E-state index < -0.39 is 12.2 Å². The average molecular weight is 216 g/mol. The molecule has 0 saturated carbocycles. The molecule has 2 rings (SSSR count). The Balaban J connectivity index is 2.10. The summed E-state index contributed by atoms with van der Waals surface area (Å²) in [4.78, 5) is 24.1. The van der Waals surface area contributed by atoms with Gasteiger partial charge in [0.05, 0.1) is 25.3 Å². The van der Waals surface area contributed by atoms with Gasteiger partial charge in [0.1, 0.15) is 0 Å². The van der Waals surface area contributed by atoms with Crippen molar-refractivity contribution in [2.75, 3.05) is 26.2 Å². The molecule has 2 fully saturated rings. The lowest BCUT2D eigenvalue weighted by atomic mass is 10.1. The molecule has 0 aromatic carbocycles. The van der Waals surface area contributed by atoms with Crippen molar-refractivity contribution in [1.29, 1.82) is 0 Å². The standard InChI is InChI=1S/C8H12N2O5/c11-7(12)9-3-5-6(4-9)15-2-1-10(5)8(13)14/h5-6H,1-4H2,(H,11,12)(H,13,14)/t5-,6+/m0/s1. The molecule has 0 aliphatic carbocycles. The van der Waals surface area contributed by atoms with Crippen LogP contribution in [0.15, 0.2) is 0 Å². The van der Waals surface area contributed by atoms with E-state index in [1.54, 1.807) is 0 Å². The van der Waals surface area contributed by atoms with E-state index in [0.29, 0.717) is 13.2 Å². The summed E-state index contributed by atoms with van der Waals surface area (Å²) in [6, 6.07) is -0.354. The molecule has 84 valence electrons. The van der Waals surface area contributed by atoms with Crippen LogP contribution in [0, 0.1) is 0 Å². The van der Waals surface area contributed by atoms with E-state index in [1.165, 1.54) is 9.80 Å². The summed E-state index contributed by atoms with van der Waals surface area (Å²) < 4.78 is 5.35. The predicted octanol–water partition coefficient (Wildman–Crippen LogP) is -0.273. The molecule has 0 aromatic heterocycles. The highest BCUT2D eigenvalue weighted by molar-refractivity contribution is 5.68. The largest absolute Gasteiger partial charge is 0.465 e. The number of hydrogen-bond acceptors (Lipinski definition) is 3. The number of hydrogen-bond donors (Lipinski definition) is 2. The number of rotatable bonds is 0. The molecule has 15 heavy (non-hydrogen) atoms. The van der Waals surface area contributed by atoms with Gasteiger partial charge in [-0.1, -0.05) is 0 Å². The van der Waals surface area contributed by atoms with Gasteiger partial charge in [-0.2, -0.15) is 0 Å². The van der Waals surface area contributed by atoms with Gasteiger partial charge in [-0.3, -0.25) is 4.90 Å². The topological polar surface area (TPSA) is 90.3 Å². The minimum absolute atomic E-state index is 0.201. The molecule has 2 amide bonds. The highest BCUT2D eigenvalue weighted by Gasteiger charge is 2.43. The lowest BCUT2D eigenvalue weighted by molar-refractivity contribution is -0.0382. The van der Waals surface area contributed by atoms with Crippen LogP contribution in [0.3, 0.4) is 0 Å². The summed E-state index contributed by atoms with van der Waals surface area (Å²) >= 11 is 0. The summed E-state index contributed by atoms with van der Waals surface area (Å²) in [6.07, 6.45) is -2.36. The number of fused-ring (bicyclic) bond motifs is 1. The molecule has 7 nitrogen and oxygen atoms in total. The normalized spacial score (nSPS) is 30.1. The zero-order chi connectivity index (χ0) is 11.0. The van der Waals surface area contributed by atoms with Crippen molar-refractivity contribution >= 4 is 12.2 Å². The van der Waals surface area contributed by atoms with Crippen molar-refractivity contribution in [3.05, 3.63) is 0 Å². The molecule has 2 heterocycles. The molecular formula is C8H12N2O5. The molecule has 0 radical (unpaired) electrons. The van der Waals surface area contributed by atoms with E-state index in [1.807, 2.05) is 0 Å².